The van der Waals surface area contributed by atoms with Crippen LogP contribution in [-0.2, 0) is 10.0 Å². The van der Waals surface area contributed by atoms with Crippen LogP contribution in [0.2, 0.25) is 0 Å². The van der Waals surface area contributed by atoms with Crippen molar-refractivity contribution in [3.63, 3.8) is 0 Å². The number of nitrogens with one attached hydrogen (secondary N) is 1. The molecule has 0 aliphatic carbocycles. The lowest BCUT2D eigenvalue weighted by Crippen LogP contribution is -2.26. The highest BCUT2D eigenvalue weighted by Crippen LogP contribution is 2.25. The molecule has 1 atom stereocenters. The number of rotatable bonds is 8. The molecule has 0 bridgehead atoms. The van der Waals surface area contributed by atoms with Gasteiger partial charge in [-0.1, -0.05) is 0 Å². The van der Waals surface area contributed by atoms with Crippen molar-refractivity contribution < 1.29 is 17.9 Å². The van der Waals surface area contributed by atoms with Crippen molar-refractivity contribution in [1.82, 2.24) is 9.71 Å². The Morgan fingerprint density at radius 2 is 1.43 bits per heavy atom. The van der Waals surface area contributed by atoms with Gasteiger partial charge in [-0.15, -0.1) is 0 Å². The van der Waals surface area contributed by atoms with E-state index in [9.17, 15) is 8.42 Å². The van der Waals surface area contributed by atoms with Gasteiger partial charge in [0.05, 0.1) is 11.5 Å². The number of ether oxygens (including phenoxy) is 2. The van der Waals surface area contributed by atoms with E-state index in [-0.39, 0.29) is 10.9 Å². The Balaban J connectivity index is 1.67. The minimum atomic E-state index is -3.65. The molecule has 3 aromatic rings. The first-order valence-electron chi connectivity index (χ1n) is 8.91. The van der Waals surface area contributed by atoms with Crippen LogP contribution in [0.25, 0.3) is 0 Å². The summed E-state index contributed by atoms with van der Waals surface area (Å²) < 4.78 is 39.0. The average Bonchev–Trinajstić information content (AvgIpc) is 2.70. The zero-order valence-electron chi connectivity index (χ0n) is 15.7. The first kappa shape index (κ1) is 19.9. The van der Waals surface area contributed by atoms with Gasteiger partial charge < -0.3 is 9.47 Å². The molecule has 1 aromatic heterocycles. The maximum Gasteiger partial charge on any atom is 0.241 e. The summed E-state index contributed by atoms with van der Waals surface area (Å²) in [6.45, 7) is 4.31. The molecule has 1 N–H and O–H groups in total. The van der Waals surface area contributed by atoms with E-state index >= 15 is 0 Å². The number of hydrogen-bond donors (Lipinski definition) is 1. The van der Waals surface area contributed by atoms with Gasteiger partial charge in [0.2, 0.25) is 10.0 Å². The average molecular weight is 398 g/mol. The van der Waals surface area contributed by atoms with Gasteiger partial charge in [-0.2, -0.15) is 0 Å². The first-order valence-corrected chi connectivity index (χ1v) is 10.4. The predicted octanol–water partition coefficient (Wildman–Crippen LogP) is 4.31. The monoisotopic (exact) mass is 398 g/mol. The molecule has 0 amide bonds. The highest BCUT2D eigenvalue weighted by Gasteiger charge is 2.18. The molecule has 0 radical (unpaired) electrons. The van der Waals surface area contributed by atoms with E-state index in [1.54, 1.807) is 55.7 Å². The Morgan fingerprint density at radius 1 is 0.893 bits per heavy atom. The van der Waals surface area contributed by atoms with Crippen molar-refractivity contribution in [2.45, 2.75) is 24.8 Å². The third kappa shape index (κ3) is 5.09. The number of pyridine rings is 1. The largest absolute Gasteiger partial charge is 0.494 e. The molecule has 2 aromatic carbocycles. The Bertz CT molecular complexity index is 989. The highest BCUT2D eigenvalue weighted by molar-refractivity contribution is 7.89. The van der Waals surface area contributed by atoms with E-state index in [0.29, 0.717) is 18.1 Å². The zero-order chi connectivity index (χ0) is 20.0. The lowest BCUT2D eigenvalue weighted by atomic mass is 10.1. The van der Waals surface area contributed by atoms with Gasteiger partial charge in [0, 0.05) is 18.4 Å². The summed E-state index contributed by atoms with van der Waals surface area (Å²) in [4.78, 5) is 4.12. The molecule has 0 unspecified atom stereocenters. The second-order valence-corrected chi connectivity index (χ2v) is 7.82. The SMILES string of the molecule is CCOc1ccc(Oc2ccc(S(=O)(=O)N[C@@H](C)c3ccncc3)cc2)cc1. The summed E-state index contributed by atoms with van der Waals surface area (Å²) in [6.07, 6.45) is 3.26. The zero-order valence-corrected chi connectivity index (χ0v) is 16.5. The van der Waals surface area contributed by atoms with Crippen LogP contribution in [0.1, 0.15) is 25.5 Å². The summed E-state index contributed by atoms with van der Waals surface area (Å²) in [5.41, 5.74) is 0.842. The van der Waals surface area contributed by atoms with Crippen LogP contribution in [0.4, 0.5) is 0 Å². The second kappa shape index (κ2) is 8.86. The molecule has 7 heteroatoms. The number of aromatic nitrogens is 1. The number of hydrogen-bond acceptors (Lipinski definition) is 5. The van der Waals surface area contributed by atoms with Crippen molar-refractivity contribution >= 4 is 10.0 Å². The van der Waals surface area contributed by atoms with Crippen LogP contribution in [0, 0.1) is 0 Å². The van der Waals surface area contributed by atoms with E-state index in [1.807, 2.05) is 19.1 Å². The van der Waals surface area contributed by atoms with Gasteiger partial charge in [-0.05, 0) is 80.1 Å². The second-order valence-electron chi connectivity index (χ2n) is 6.10. The summed E-state index contributed by atoms with van der Waals surface area (Å²) in [6, 6.07) is 16.7. The Kier molecular flexibility index (Phi) is 6.28. The molecule has 3 rings (SSSR count). The van der Waals surface area contributed by atoms with E-state index in [0.717, 1.165) is 11.3 Å². The van der Waals surface area contributed by atoms with Crippen LogP contribution in [-0.4, -0.2) is 20.0 Å². The van der Waals surface area contributed by atoms with E-state index in [2.05, 4.69) is 9.71 Å². The number of sulfonamides is 1. The Hall–Kier alpha value is -2.90. The van der Waals surface area contributed by atoms with Gasteiger partial charge in [0.25, 0.3) is 0 Å². The van der Waals surface area contributed by atoms with Crippen LogP contribution in [0.3, 0.4) is 0 Å². The van der Waals surface area contributed by atoms with E-state index in [1.165, 1.54) is 12.1 Å². The summed E-state index contributed by atoms with van der Waals surface area (Å²) in [5, 5.41) is 0. The molecule has 0 saturated heterocycles. The highest BCUT2D eigenvalue weighted by atomic mass is 32.2. The molecule has 28 heavy (non-hydrogen) atoms. The van der Waals surface area contributed by atoms with Gasteiger partial charge >= 0.3 is 0 Å². The molecule has 0 aliphatic rings. The molecule has 1 heterocycles. The number of nitrogens with zero attached hydrogens (tertiary/aromatic N) is 1. The lowest BCUT2D eigenvalue weighted by molar-refractivity contribution is 0.339. The van der Waals surface area contributed by atoms with Crippen LogP contribution < -0.4 is 14.2 Å². The van der Waals surface area contributed by atoms with Gasteiger partial charge in [-0.25, -0.2) is 13.1 Å². The van der Waals surface area contributed by atoms with Crippen molar-refractivity contribution in [3.8, 4) is 17.2 Å². The minimum Gasteiger partial charge on any atom is -0.494 e. The standard InChI is InChI=1S/C21H22N2O4S/c1-3-26-18-4-6-19(7-5-18)27-20-8-10-21(11-9-20)28(24,25)23-16(2)17-12-14-22-15-13-17/h4-16,23H,3H2,1-2H3/t16-/m0/s1. The van der Waals surface area contributed by atoms with Crippen molar-refractivity contribution in [3.05, 3.63) is 78.6 Å². The predicted molar refractivity (Wildman–Crippen MR) is 107 cm³/mol. The van der Waals surface area contributed by atoms with Gasteiger partial charge in [0.15, 0.2) is 0 Å². The summed E-state index contributed by atoms with van der Waals surface area (Å²) in [7, 11) is -3.65. The fourth-order valence-corrected chi connectivity index (χ4v) is 3.85. The van der Waals surface area contributed by atoms with E-state index in [4.69, 9.17) is 9.47 Å². The van der Waals surface area contributed by atoms with Gasteiger partial charge in [0.1, 0.15) is 17.2 Å². The lowest BCUT2D eigenvalue weighted by Gasteiger charge is -2.15. The minimum absolute atomic E-state index is 0.174. The molecule has 0 fully saturated rings. The fourth-order valence-electron chi connectivity index (χ4n) is 2.61. The fraction of sp³-hybridized carbons (Fsp3) is 0.190. The molecular formula is C21H22N2O4S. The maximum atomic E-state index is 12.6. The third-order valence-electron chi connectivity index (χ3n) is 4.04. The molecule has 6 nitrogen and oxygen atoms in total. The van der Waals surface area contributed by atoms with Crippen LogP contribution in [0.15, 0.2) is 78.0 Å². The first-order chi connectivity index (χ1) is 13.5. The molecule has 0 saturated carbocycles. The van der Waals surface area contributed by atoms with Crippen LogP contribution >= 0.6 is 0 Å². The molecule has 0 aliphatic heterocycles. The Morgan fingerprint density at radius 3 is 2.00 bits per heavy atom. The third-order valence-corrected chi connectivity index (χ3v) is 5.60. The van der Waals surface area contributed by atoms with Crippen molar-refractivity contribution in [1.29, 1.82) is 0 Å². The molecular weight excluding hydrogens is 376 g/mol. The summed E-state index contributed by atoms with van der Waals surface area (Å²) >= 11 is 0. The quantitative estimate of drug-likeness (QED) is 0.612. The smallest absolute Gasteiger partial charge is 0.241 e. The van der Waals surface area contributed by atoms with Gasteiger partial charge in [-0.3, -0.25) is 4.98 Å². The molecule has 0 spiro atoms. The Labute approximate surface area is 165 Å². The maximum absolute atomic E-state index is 12.6. The topological polar surface area (TPSA) is 77.5 Å². The molecule has 146 valence electrons. The number of benzene rings is 2. The summed E-state index contributed by atoms with van der Waals surface area (Å²) in [5.74, 6) is 1.96. The van der Waals surface area contributed by atoms with Crippen molar-refractivity contribution in [2.75, 3.05) is 6.61 Å². The van der Waals surface area contributed by atoms with Crippen LogP contribution in [0.5, 0.6) is 17.2 Å². The van der Waals surface area contributed by atoms with E-state index < -0.39 is 10.0 Å². The normalized spacial score (nSPS) is 12.4. The van der Waals surface area contributed by atoms with Crippen molar-refractivity contribution in [2.24, 2.45) is 0 Å².